The third-order valence-electron chi connectivity index (χ3n) is 2.73. The third kappa shape index (κ3) is 3.90. The molecule has 1 rings (SSSR count). The molecule has 0 aliphatic rings. The predicted molar refractivity (Wildman–Crippen MR) is 74.2 cm³/mol. The summed E-state index contributed by atoms with van der Waals surface area (Å²) in [5.41, 5.74) is 6.33. The van der Waals surface area contributed by atoms with Gasteiger partial charge in [-0.25, -0.2) is 4.98 Å². The summed E-state index contributed by atoms with van der Waals surface area (Å²) in [5, 5.41) is 12.3. The van der Waals surface area contributed by atoms with Crippen molar-refractivity contribution >= 4 is 11.5 Å². The predicted octanol–water partition coefficient (Wildman–Crippen LogP) is 1.53. The minimum atomic E-state index is 0.271. The van der Waals surface area contributed by atoms with Crippen LogP contribution in [-0.2, 0) is 0 Å². The SMILES string of the molecule is CC(C)C(CN(C)C)Nc1ccc(N)c(C#N)n1. The molecule has 5 heteroatoms. The minimum absolute atomic E-state index is 0.271. The molecule has 3 N–H and O–H groups in total. The van der Waals surface area contributed by atoms with Gasteiger partial charge in [0.2, 0.25) is 0 Å². The fraction of sp³-hybridized carbons (Fsp3) is 0.538. The van der Waals surface area contributed by atoms with E-state index in [2.05, 4.69) is 29.0 Å². The normalized spacial score (nSPS) is 12.5. The zero-order valence-electron chi connectivity index (χ0n) is 11.4. The summed E-state index contributed by atoms with van der Waals surface area (Å²) in [6.07, 6.45) is 0. The average Bonchev–Trinajstić information content (AvgIpc) is 2.29. The van der Waals surface area contributed by atoms with Crippen LogP contribution in [0.5, 0.6) is 0 Å². The molecule has 0 fully saturated rings. The van der Waals surface area contributed by atoms with Crippen LogP contribution in [0, 0.1) is 17.2 Å². The van der Waals surface area contributed by atoms with E-state index in [1.54, 1.807) is 12.1 Å². The zero-order chi connectivity index (χ0) is 13.7. The number of rotatable bonds is 5. The summed E-state index contributed by atoms with van der Waals surface area (Å²) in [5.74, 6) is 1.17. The van der Waals surface area contributed by atoms with Crippen molar-refractivity contribution in [3.8, 4) is 6.07 Å². The quantitative estimate of drug-likeness (QED) is 0.825. The molecular formula is C13H21N5. The summed E-state index contributed by atoms with van der Waals surface area (Å²) < 4.78 is 0. The lowest BCUT2D eigenvalue weighted by atomic mass is 10.0. The van der Waals surface area contributed by atoms with E-state index in [-0.39, 0.29) is 11.7 Å². The molecule has 0 bridgehead atoms. The van der Waals surface area contributed by atoms with Crippen LogP contribution >= 0.6 is 0 Å². The van der Waals surface area contributed by atoms with Crippen molar-refractivity contribution in [3.63, 3.8) is 0 Å². The van der Waals surface area contributed by atoms with Gasteiger partial charge in [-0.15, -0.1) is 0 Å². The first kappa shape index (κ1) is 14.3. The van der Waals surface area contributed by atoms with E-state index in [1.165, 1.54) is 0 Å². The number of likely N-dealkylation sites (N-methyl/N-ethyl adjacent to an activating group) is 1. The Kier molecular flexibility index (Phi) is 4.93. The number of anilines is 2. The van der Waals surface area contributed by atoms with Crippen molar-refractivity contribution in [3.05, 3.63) is 17.8 Å². The third-order valence-corrected chi connectivity index (χ3v) is 2.73. The van der Waals surface area contributed by atoms with Gasteiger partial charge in [-0.2, -0.15) is 5.26 Å². The fourth-order valence-electron chi connectivity index (χ4n) is 1.65. The fourth-order valence-corrected chi connectivity index (χ4v) is 1.65. The van der Waals surface area contributed by atoms with E-state index in [9.17, 15) is 0 Å². The van der Waals surface area contributed by atoms with Gasteiger partial charge in [0, 0.05) is 12.6 Å². The number of nitrogens with two attached hydrogens (primary N) is 1. The summed E-state index contributed by atoms with van der Waals surface area (Å²) >= 11 is 0. The lowest BCUT2D eigenvalue weighted by Gasteiger charge is -2.26. The van der Waals surface area contributed by atoms with Gasteiger partial charge in [0.15, 0.2) is 5.69 Å². The first-order valence-corrected chi connectivity index (χ1v) is 6.02. The lowest BCUT2D eigenvalue weighted by molar-refractivity contribution is 0.344. The molecule has 98 valence electrons. The standard InChI is InChI=1S/C13H21N5/c1-9(2)12(8-18(3)4)17-13-6-5-10(15)11(7-14)16-13/h5-6,9,12H,8,15H2,1-4H3,(H,16,17). The number of nitrogens with zero attached hydrogens (tertiary/aromatic N) is 3. The highest BCUT2D eigenvalue weighted by Gasteiger charge is 2.15. The van der Waals surface area contributed by atoms with Gasteiger partial charge in [-0.3, -0.25) is 0 Å². The Balaban J connectivity index is 2.84. The highest BCUT2D eigenvalue weighted by Crippen LogP contribution is 2.15. The largest absolute Gasteiger partial charge is 0.396 e. The molecule has 5 nitrogen and oxygen atoms in total. The van der Waals surface area contributed by atoms with Crippen molar-refractivity contribution in [2.24, 2.45) is 5.92 Å². The number of pyridine rings is 1. The van der Waals surface area contributed by atoms with Gasteiger partial charge in [0.25, 0.3) is 0 Å². The van der Waals surface area contributed by atoms with Crippen molar-refractivity contribution < 1.29 is 0 Å². The zero-order valence-corrected chi connectivity index (χ0v) is 11.4. The Morgan fingerprint density at radius 2 is 2.11 bits per heavy atom. The molecule has 0 saturated heterocycles. The molecule has 0 aromatic carbocycles. The number of nitriles is 1. The Labute approximate surface area is 109 Å². The number of hydrogen-bond acceptors (Lipinski definition) is 5. The molecule has 1 aromatic rings. The first-order chi connectivity index (χ1) is 8.43. The maximum atomic E-state index is 8.90. The minimum Gasteiger partial charge on any atom is -0.396 e. The Morgan fingerprint density at radius 3 is 2.61 bits per heavy atom. The summed E-state index contributed by atoms with van der Waals surface area (Å²) in [6, 6.07) is 5.79. The van der Waals surface area contributed by atoms with Crippen molar-refractivity contribution in [1.29, 1.82) is 5.26 Å². The molecule has 0 radical (unpaired) electrons. The van der Waals surface area contributed by atoms with Crippen LogP contribution in [0.3, 0.4) is 0 Å². The molecule has 18 heavy (non-hydrogen) atoms. The molecule has 1 atom stereocenters. The number of hydrogen-bond donors (Lipinski definition) is 2. The molecule has 1 unspecified atom stereocenters. The lowest BCUT2D eigenvalue weighted by Crippen LogP contribution is -2.36. The van der Waals surface area contributed by atoms with Crippen molar-refractivity contribution in [1.82, 2.24) is 9.88 Å². The van der Waals surface area contributed by atoms with Gasteiger partial charge >= 0.3 is 0 Å². The smallest absolute Gasteiger partial charge is 0.165 e. The van der Waals surface area contributed by atoms with E-state index < -0.39 is 0 Å². The topological polar surface area (TPSA) is 78.0 Å². The van der Waals surface area contributed by atoms with Crippen LogP contribution in [0.15, 0.2) is 12.1 Å². The Morgan fingerprint density at radius 1 is 1.44 bits per heavy atom. The van der Waals surface area contributed by atoms with E-state index in [0.29, 0.717) is 17.4 Å². The number of nitrogen functional groups attached to an aromatic ring is 1. The van der Waals surface area contributed by atoms with E-state index in [4.69, 9.17) is 11.0 Å². The monoisotopic (exact) mass is 247 g/mol. The highest BCUT2D eigenvalue weighted by atomic mass is 15.1. The van der Waals surface area contributed by atoms with Gasteiger partial charge in [0.1, 0.15) is 11.9 Å². The molecule has 0 saturated carbocycles. The summed E-state index contributed by atoms with van der Waals surface area (Å²) in [7, 11) is 4.07. The van der Waals surface area contributed by atoms with E-state index in [0.717, 1.165) is 6.54 Å². The van der Waals surface area contributed by atoms with Gasteiger partial charge in [0.05, 0.1) is 5.69 Å². The molecule has 0 aliphatic heterocycles. The molecule has 0 amide bonds. The van der Waals surface area contributed by atoms with Crippen molar-refractivity contribution in [2.75, 3.05) is 31.7 Å². The van der Waals surface area contributed by atoms with Crippen LogP contribution < -0.4 is 11.1 Å². The van der Waals surface area contributed by atoms with Crippen LogP contribution in [0.2, 0.25) is 0 Å². The molecule has 0 aliphatic carbocycles. The number of nitrogens with one attached hydrogen (secondary N) is 1. The average molecular weight is 247 g/mol. The Bertz CT molecular complexity index is 433. The molecular weight excluding hydrogens is 226 g/mol. The molecule has 0 spiro atoms. The van der Waals surface area contributed by atoms with Crippen molar-refractivity contribution in [2.45, 2.75) is 19.9 Å². The van der Waals surface area contributed by atoms with Crippen LogP contribution in [-0.4, -0.2) is 36.6 Å². The molecule has 1 heterocycles. The molecule has 1 aromatic heterocycles. The second-order valence-corrected chi connectivity index (χ2v) is 5.00. The van der Waals surface area contributed by atoms with Gasteiger partial charge in [-0.05, 0) is 32.1 Å². The summed E-state index contributed by atoms with van der Waals surface area (Å²) in [6.45, 7) is 5.22. The second-order valence-electron chi connectivity index (χ2n) is 5.00. The van der Waals surface area contributed by atoms with Gasteiger partial charge < -0.3 is 16.0 Å². The van der Waals surface area contributed by atoms with E-state index in [1.807, 2.05) is 20.2 Å². The maximum absolute atomic E-state index is 8.90. The highest BCUT2D eigenvalue weighted by molar-refractivity contribution is 5.54. The second kappa shape index (κ2) is 6.22. The van der Waals surface area contributed by atoms with Crippen LogP contribution in [0.1, 0.15) is 19.5 Å². The van der Waals surface area contributed by atoms with E-state index >= 15 is 0 Å². The van der Waals surface area contributed by atoms with Crippen LogP contribution in [0.25, 0.3) is 0 Å². The summed E-state index contributed by atoms with van der Waals surface area (Å²) in [4.78, 5) is 6.33. The van der Waals surface area contributed by atoms with Gasteiger partial charge in [-0.1, -0.05) is 13.8 Å². The van der Waals surface area contributed by atoms with Crippen LogP contribution in [0.4, 0.5) is 11.5 Å². The number of aromatic nitrogens is 1. The maximum Gasteiger partial charge on any atom is 0.165 e. The first-order valence-electron chi connectivity index (χ1n) is 6.02. The Hall–Kier alpha value is -1.80.